The zero-order valence-corrected chi connectivity index (χ0v) is 17.6. The minimum atomic E-state index is -3.62. The lowest BCUT2D eigenvalue weighted by atomic mass is 10.1. The van der Waals surface area contributed by atoms with Crippen LogP contribution < -0.4 is 15.4 Å². The van der Waals surface area contributed by atoms with Crippen molar-refractivity contribution in [3.63, 3.8) is 0 Å². The fraction of sp³-hybridized carbons (Fsp3) is 0.381. The lowest BCUT2D eigenvalue weighted by Crippen LogP contribution is -2.38. The summed E-state index contributed by atoms with van der Waals surface area (Å²) in [5.74, 6) is 0.551. The van der Waals surface area contributed by atoms with E-state index < -0.39 is 19.1 Å². The number of para-hydroxylation sites is 1. The summed E-state index contributed by atoms with van der Waals surface area (Å²) in [5.41, 5.74) is 0.395. The van der Waals surface area contributed by atoms with Crippen LogP contribution in [0.5, 0.6) is 5.75 Å². The molecule has 0 radical (unpaired) electrons. The first-order valence-electron chi connectivity index (χ1n) is 9.14. The predicted molar refractivity (Wildman–Crippen MR) is 110 cm³/mol. The molecule has 0 fully saturated rings. The molecule has 2 N–H and O–H groups in total. The molecule has 1 unspecified atom stereocenters. The van der Waals surface area contributed by atoms with E-state index in [0.717, 1.165) is 5.56 Å². The van der Waals surface area contributed by atoms with Gasteiger partial charge in [-0.05, 0) is 63.9 Å². The number of nitrogens with one attached hydrogen (secondary N) is 1. The van der Waals surface area contributed by atoms with Crippen LogP contribution in [0.4, 0.5) is 4.79 Å². The molecule has 7 heteroatoms. The van der Waals surface area contributed by atoms with Gasteiger partial charge < -0.3 is 19.7 Å². The van der Waals surface area contributed by atoms with Gasteiger partial charge in [0.15, 0.2) is 6.35 Å². The molecule has 0 aromatic heterocycles. The average Bonchev–Trinajstić information content (AvgIpc) is 2.59. The highest BCUT2D eigenvalue weighted by atomic mass is 31.2. The zero-order valence-electron chi connectivity index (χ0n) is 16.7. The highest BCUT2D eigenvalue weighted by molar-refractivity contribution is 7.65. The lowest BCUT2D eigenvalue weighted by Gasteiger charge is -2.22. The van der Waals surface area contributed by atoms with Crippen LogP contribution in [0.3, 0.4) is 0 Å². The summed E-state index contributed by atoms with van der Waals surface area (Å²) in [4.78, 5) is 22.1. The first kappa shape index (κ1) is 22.0. The number of ether oxygens (including phenoxy) is 2. The Morgan fingerprint density at radius 1 is 1.11 bits per heavy atom. The van der Waals surface area contributed by atoms with Gasteiger partial charge >= 0.3 is 6.09 Å². The van der Waals surface area contributed by atoms with E-state index in [1.165, 1.54) is 0 Å². The summed E-state index contributed by atoms with van der Waals surface area (Å²) in [5, 5.41) is 3.12. The van der Waals surface area contributed by atoms with E-state index in [9.17, 15) is 14.3 Å². The van der Waals surface area contributed by atoms with E-state index >= 15 is 0 Å². The summed E-state index contributed by atoms with van der Waals surface area (Å²) in [6, 6.07) is 15.6. The molecular formula is C21H28NO5P. The fourth-order valence-electron chi connectivity index (χ4n) is 2.53. The number of amides is 1. The molecule has 0 bridgehead atoms. The molecule has 0 saturated carbocycles. The van der Waals surface area contributed by atoms with Crippen molar-refractivity contribution in [2.24, 2.45) is 0 Å². The van der Waals surface area contributed by atoms with Crippen LogP contribution in [0.15, 0.2) is 54.6 Å². The van der Waals surface area contributed by atoms with Gasteiger partial charge in [0.05, 0.1) is 0 Å². The molecule has 1 amide bonds. The molecule has 152 valence electrons. The minimum Gasteiger partial charge on any atom is -0.483 e. The van der Waals surface area contributed by atoms with E-state index in [1.54, 1.807) is 48.5 Å². The van der Waals surface area contributed by atoms with Crippen molar-refractivity contribution in [1.29, 1.82) is 0 Å². The van der Waals surface area contributed by atoms with Gasteiger partial charge in [-0.25, -0.2) is 4.79 Å². The SMILES string of the molecule is C[C@H](Cc1ccc(P(=O)(O)COc2ccccc2)cc1)NC(=O)OC(C)(C)C. The molecular weight excluding hydrogens is 377 g/mol. The highest BCUT2D eigenvalue weighted by Crippen LogP contribution is 2.39. The molecule has 6 nitrogen and oxygen atoms in total. The molecule has 0 heterocycles. The second-order valence-corrected chi connectivity index (χ2v) is 9.88. The van der Waals surface area contributed by atoms with Crippen LogP contribution in [0.25, 0.3) is 0 Å². The third-order valence-electron chi connectivity index (χ3n) is 3.79. The minimum absolute atomic E-state index is 0.136. The zero-order chi connectivity index (χ0) is 20.8. The van der Waals surface area contributed by atoms with Gasteiger partial charge in [0.2, 0.25) is 0 Å². The first-order chi connectivity index (χ1) is 13.0. The second-order valence-electron chi connectivity index (χ2n) is 7.71. The third kappa shape index (κ3) is 7.37. The van der Waals surface area contributed by atoms with Gasteiger partial charge in [0.25, 0.3) is 7.37 Å². The molecule has 28 heavy (non-hydrogen) atoms. The van der Waals surface area contributed by atoms with E-state index in [1.807, 2.05) is 33.8 Å². The topological polar surface area (TPSA) is 84.9 Å². The Bertz CT molecular complexity index is 815. The van der Waals surface area contributed by atoms with Crippen molar-refractivity contribution in [2.45, 2.75) is 45.8 Å². The Kier molecular flexibility index (Phi) is 7.28. The van der Waals surface area contributed by atoms with Crippen LogP contribution >= 0.6 is 7.37 Å². The second kappa shape index (κ2) is 9.26. The van der Waals surface area contributed by atoms with Gasteiger partial charge in [-0.3, -0.25) is 4.57 Å². The van der Waals surface area contributed by atoms with Gasteiger partial charge in [-0.1, -0.05) is 30.3 Å². The summed E-state index contributed by atoms with van der Waals surface area (Å²) in [7, 11) is -3.62. The molecule has 2 aromatic carbocycles. The van der Waals surface area contributed by atoms with Gasteiger partial charge in [-0.2, -0.15) is 0 Å². The highest BCUT2D eigenvalue weighted by Gasteiger charge is 2.23. The number of rotatable bonds is 7. The van der Waals surface area contributed by atoms with E-state index in [0.29, 0.717) is 17.5 Å². The van der Waals surface area contributed by atoms with E-state index in [4.69, 9.17) is 9.47 Å². The summed E-state index contributed by atoms with van der Waals surface area (Å²) in [6.07, 6.45) is -0.169. The maximum atomic E-state index is 12.6. The van der Waals surface area contributed by atoms with Gasteiger partial charge in [0.1, 0.15) is 11.4 Å². The van der Waals surface area contributed by atoms with Gasteiger partial charge in [-0.15, -0.1) is 0 Å². The van der Waals surface area contributed by atoms with Crippen LogP contribution in [0.1, 0.15) is 33.3 Å². The molecule has 0 aliphatic rings. The Balaban J connectivity index is 1.91. The Morgan fingerprint density at radius 3 is 2.29 bits per heavy atom. The lowest BCUT2D eigenvalue weighted by molar-refractivity contribution is 0.0508. The standard InChI is InChI=1S/C21H28NO5P/c1-16(22-20(23)27-21(2,3)4)14-17-10-12-19(13-11-17)28(24,25)15-26-18-8-6-5-7-9-18/h5-13,16H,14-15H2,1-4H3,(H,22,23)(H,24,25)/t16-/m1/s1. The third-order valence-corrected chi connectivity index (χ3v) is 5.38. The van der Waals surface area contributed by atoms with Crippen molar-refractivity contribution in [3.05, 3.63) is 60.2 Å². The molecule has 0 aliphatic carbocycles. The van der Waals surface area contributed by atoms with E-state index in [2.05, 4.69) is 5.32 Å². The number of alkyl carbamates (subject to hydrolysis) is 1. The normalized spacial score (nSPS) is 14.6. The number of hydrogen-bond donors (Lipinski definition) is 2. The van der Waals surface area contributed by atoms with Crippen molar-refractivity contribution in [1.82, 2.24) is 5.32 Å². The van der Waals surface area contributed by atoms with Crippen molar-refractivity contribution >= 4 is 18.8 Å². The van der Waals surface area contributed by atoms with Crippen molar-refractivity contribution < 1.29 is 23.7 Å². The summed E-state index contributed by atoms with van der Waals surface area (Å²) >= 11 is 0. The van der Waals surface area contributed by atoms with Crippen LogP contribution in [-0.4, -0.2) is 29.0 Å². The van der Waals surface area contributed by atoms with Crippen LogP contribution in [0, 0.1) is 0 Å². The monoisotopic (exact) mass is 405 g/mol. The molecule has 0 spiro atoms. The maximum Gasteiger partial charge on any atom is 0.407 e. The van der Waals surface area contributed by atoms with Crippen molar-refractivity contribution in [3.8, 4) is 5.75 Å². The number of benzene rings is 2. The summed E-state index contributed by atoms with van der Waals surface area (Å²) in [6.45, 7) is 7.31. The molecule has 2 atom stereocenters. The molecule has 0 saturated heterocycles. The van der Waals surface area contributed by atoms with E-state index in [-0.39, 0.29) is 12.4 Å². The summed E-state index contributed by atoms with van der Waals surface area (Å²) < 4.78 is 23.2. The first-order valence-corrected chi connectivity index (χ1v) is 11.0. The molecule has 2 rings (SSSR count). The van der Waals surface area contributed by atoms with Gasteiger partial charge in [0, 0.05) is 11.3 Å². The van der Waals surface area contributed by atoms with Crippen molar-refractivity contribution in [2.75, 3.05) is 6.35 Å². The Hall–Kier alpha value is -2.30. The predicted octanol–water partition coefficient (Wildman–Crippen LogP) is 4.07. The smallest absolute Gasteiger partial charge is 0.407 e. The quantitative estimate of drug-likeness (QED) is 0.678. The largest absolute Gasteiger partial charge is 0.483 e. The maximum absolute atomic E-state index is 12.6. The average molecular weight is 405 g/mol. The molecule has 2 aromatic rings. The molecule has 0 aliphatic heterocycles. The van der Waals surface area contributed by atoms with Crippen LogP contribution in [-0.2, 0) is 15.7 Å². The Labute approximate surface area is 166 Å². The number of carbonyl (C=O) groups is 1. The fourth-order valence-corrected chi connectivity index (χ4v) is 3.62. The van der Waals surface area contributed by atoms with Crippen LogP contribution in [0.2, 0.25) is 0 Å². The Morgan fingerprint density at radius 2 is 1.71 bits per heavy atom. The number of hydrogen-bond acceptors (Lipinski definition) is 4. The number of carbonyl (C=O) groups excluding carboxylic acids is 1.